The van der Waals surface area contributed by atoms with E-state index < -0.39 is 0 Å². The second kappa shape index (κ2) is 5.83. The molecular weight excluding hydrogens is 310 g/mol. The third kappa shape index (κ3) is 3.20. The summed E-state index contributed by atoms with van der Waals surface area (Å²) in [5, 5.41) is 0. The van der Waals surface area contributed by atoms with E-state index in [-0.39, 0.29) is 6.10 Å². The Kier molecular flexibility index (Phi) is 4.67. The van der Waals surface area contributed by atoms with E-state index in [2.05, 4.69) is 39.9 Å². The van der Waals surface area contributed by atoms with Gasteiger partial charge in [-0.2, -0.15) is 0 Å². The monoisotopic (exact) mass is 323 g/mol. The Balaban J connectivity index is 1.96. The molecule has 0 spiro atoms. The predicted molar refractivity (Wildman–Crippen MR) is 72.4 cm³/mol. The highest BCUT2D eigenvalue weighted by Crippen LogP contribution is 2.25. The van der Waals surface area contributed by atoms with Gasteiger partial charge < -0.3 is 4.74 Å². The van der Waals surface area contributed by atoms with Crippen LogP contribution in [0.15, 0.2) is 15.9 Å². The van der Waals surface area contributed by atoms with E-state index in [9.17, 15) is 0 Å². The molecule has 0 aliphatic carbocycles. The van der Waals surface area contributed by atoms with Gasteiger partial charge in [0.05, 0.1) is 16.5 Å². The molecular formula is C11H15BrClNOS. The van der Waals surface area contributed by atoms with Gasteiger partial charge in [0.1, 0.15) is 0 Å². The van der Waals surface area contributed by atoms with E-state index in [1.165, 1.54) is 8.66 Å². The van der Waals surface area contributed by atoms with Crippen molar-refractivity contribution in [2.45, 2.75) is 25.6 Å². The van der Waals surface area contributed by atoms with E-state index in [1.807, 2.05) is 0 Å². The zero-order valence-corrected chi connectivity index (χ0v) is 12.3. The van der Waals surface area contributed by atoms with Gasteiger partial charge in [0.2, 0.25) is 0 Å². The molecule has 1 fully saturated rings. The molecule has 1 saturated heterocycles. The number of thiophene rings is 1. The minimum absolute atomic E-state index is 0.182. The molecule has 1 aliphatic heterocycles. The van der Waals surface area contributed by atoms with E-state index in [4.69, 9.17) is 16.3 Å². The smallest absolute Gasteiger partial charge is 0.0838 e. The first-order valence-corrected chi connectivity index (χ1v) is 7.49. The Labute approximate surface area is 114 Å². The molecule has 0 saturated carbocycles. The Morgan fingerprint density at radius 3 is 3.06 bits per heavy atom. The lowest BCUT2D eigenvalue weighted by molar-refractivity contribution is -0.0507. The van der Waals surface area contributed by atoms with Crippen LogP contribution in [0.4, 0.5) is 0 Å². The number of nitrogens with zero attached hydrogens (tertiary/aromatic N) is 1. The van der Waals surface area contributed by atoms with Crippen LogP contribution in [0.1, 0.15) is 11.8 Å². The maximum atomic E-state index is 5.84. The zero-order valence-electron chi connectivity index (χ0n) is 9.16. The molecule has 5 heteroatoms. The maximum Gasteiger partial charge on any atom is 0.0838 e. The fraction of sp³-hybridized carbons (Fsp3) is 0.636. The molecule has 1 aliphatic rings. The summed E-state index contributed by atoms with van der Waals surface area (Å²) in [6.07, 6.45) is 0.182. The SMILES string of the molecule is CC1COC(CCl)CN1Cc1ccc(Br)s1. The van der Waals surface area contributed by atoms with Crippen molar-refractivity contribution in [1.29, 1.82) is 0 Å². The third-order valence-electron chi connectivity index (χ3n) is 2.79. The topological polar surface area (TPSA) is 12.5 Å². The molecule has 2 nitrogen and oxygen atoms in total. The molecule has 0 amide bonds. The minimum Gasteiger partial charge on any atom is -0.374 e. The Morgan fingerprint density at radius 1 is 1.62 bits per heavy atom. The lowest BCUT2D eigenvalue weighted by atomic mass is 10.2. The number of hydrogen-bond donors (Lipinski definition) is 0. The summed E-state index contributed by atoms with van der Waals surface area (Å²) in [6.45, 7) is 4.91. The summed E-state index contributed by atoms with van der Waals surface area (Å²) in [7, 11) is 0. The minimum atomic E-state index is 0.182. The first-order valence-electron chi connectivity index (χ1n) is 5.35. The van der Waals surface area contributed by atoms with Crippen molar-refractivity contribution in [3.8, 4) is 0 Å². The highest BCUT2D eigenvalue weighted by Gasteiger charge is 2.25. The summed E-state index contributed by atoms with van der Waals surface area (Å²) in [4.78, 5) is 3.82. The van der Waals surface area contributed by atoms with Gasteiger partial charge in [-0.1, -0.05) is 0 Å². The summed E-state index contributed by atoms with van der Waals surface area (Å²) in [5.41, 5.74) is 0. The summed E-state index contributed by atoms with van der Waals surface area (Å²) in [6, 6.07) is 4.75. The van der Waals surface area contributed by atoms with Crippen LogP contribution in [0.25, 0.3) is 0 Å². The van der Waals surface area contributed by atoms with E-state index in [0.717, 1.165) is 19.7 Å². The van der Waals surface area contributed by atoms with Gasteiger partial charge in [0.25, 0.3) is 0 Å². The lowest BCUT2D eigenvalue weighted by Crippen LogP contribution is -2.48. The molecule has 0 radical (unpaired) electrons. The summed E-state index contributed by atoms with van der Waals surface area (Å²) >= 11 is 11.1. The molecule has 2 unspecified atom stereocenters. The van der Waals surface area contributed by atoms with Gasteiger partial charge in [0, 0.05) is 29.9 Å². The second-order valence-corrected chi connectivity index (χ2v) is 6.95. The van der Waals surface area contributed by atoms with Crippen molar-refractivity contribution in [1.82, 2.24) is 4.90 Å². The average molecular weight is 325 g/mol. The van der Waals surface area contributed by atoms with Crippen molar-refractivity contribution in [3.63, 3.8) is 0 Å². The largest absolute Gasteiger partial charge is 0.374 e. The van der Waals surface area contributed by atoms with Crippen LogP contribution in [-0.4, -0.2) is 36.1 Å². The normalized spacial score (nSPS) is 27.2. The van der Waals surface area contributed by atoms with Crippen molar-refractivity contribution in [2.75, 3.05) is 19.0 Å². The third-order valence-corrected chi connectivity index (χ3v) is 4.75. The molecule has 0 bridgehead atoms. The van der Waals surface area contributed by atoms with Crippen LogP contribution in [0.5, 0.6) is 0 Å². The molecule has 2 heterocycles. The Bertz CT molecular complexity index is 346. The van der Waals surface area contributed by atoms with Crippen LogP contribution in [-0.2, 0) is 11.3 Å². The number of rotatable bonds is 3. The summed E-state index contributed by atoms with van der Waals surface area (Å²) < 4.78 is 6.83. The molecule has 0 N–H and O–H groups in total. The van der Waals surface area contributed by atoms with Crippen LogP contribution in [0.2, 0.25) is 0 Å². The molecule has 2 atom stereocenters. The van der Waals surface area contributed by atoms with Gasteiger partial charge >= 0.3 is 0 Å². The van der Waals surface area contributed by atoms with Crippen LogP contribution < -0.4 is 0 Å². The lowest BCUT2D eigenvalue weighted by Gasteiger charge is -2.37. The van der Waals surface area contributed by atoms with Crippen molar-refractivity contribution < 1.29 is 4.74 Å². The number of halogens is 2. The van der Waals surface area contributed by atoms with E-state index in [0.29, 0.717) is 11.9 Å². The van der Waals surface area contributed by atoms with Crippen LogP contribution in [0, 0.1) is 0 Å². The predicted octanol–water partition coefficient (Wildman–Crippen LogP) is 3.34. The molecule has 90 valence electrons. The number of alkyl halides is 1. The van der Waals surface area contributed by atoms with Crippen molar-refractivity contribution >= 4 is 38.9 Å². The maximum absolute atomic E-state index is 5.84. The van der Waals surface area contributed by atoms with Crippen molar-refractivity contribution in [3.05, 3.63) is 20.8 Å². The van der Waals surface area contributed by atoms with E-state index >= 15 is 0 Å². The van der Waals surface area contributed by atoms with Gasteiger partial charge in [-0.3, -0.25) is 4.90 Å². The standard InChI is InChI=1S/C11H15BrClNOS/c1-8-7-15-9(4-13)5-14(8)6-10-2-3-11(12)16-10/h2-3,8-9H,4-7H2,1H3. The fourth-order valence-corrected chi connectivity index (χ4v) is 3.52. The molecule has 0 aromatic carbocycles. The van der Waals surface area contributed by atoms with Gasteiger partial charge in [-0.15, -0.1) is 22.9 Å². The number of morpholine rings is 1. The first kappa shape index (κ1) is 12.8. The van der Waals surface area contributed by atoms with Crippen molar-refractivity contribution in [2.24, 2.45) is 0 Å². The molecule has 16 heavy (non-hydrogen) atoms. The summed E-state index contributed by atoms with van der Waals surface area (Å²) in [5.74, 6) is 0.581. The van der Waals surface area contributed by atoms with Gasteiger partial charge in [0.15, 0.2) is 0 Å². The molecule has 1 aromatic rings. The van der Waals surface area contributed by atoms with Gasteiger partial charge in [-0.25, -0.2) is 0 Å². The highest BCUT2D eigenvalue weighted by atomic mass is 79.9. The average Bonchev–Trinajstić information content (AvgIpc) is 2.67. The molecule has 1 aromatic heterocycles. The quantitative estimate of drug-likeness (QED) is 0.791. The number of hydrogen-bond acceptors (Lipinski definition) is 3. The fourth-order valence-electron chi connectivity index (χ4n) is 1.83. The molecule has 2 rings (SSSR count). The zero-order chi connectivity index (χ0) is 11.5. The van der Waals surface area contributed by atoms with E-state index in [1.54, 1.807) is 11.3 Å². The van der Waals surface area contributed by atoms with Crippen LogP contribution in [0.3, 0.4) is 0 Å². The van der Waals surface area contributed by atoms with Crippen LogP contribution >= 0.6 is 38.9 Å². The second-order valence-electron chi connectivity index (χ2n) is 4.09. The Hall–Kier alpha value is 0.390. The highest BCUT2D eigenvalue weighted by molar-refractivity contribution is 9.11. The Morgan fingerprint density at radius 2 is 2.44 bits per heavy atom. The van der Waals surface area contributed by atoms with Gasteiger partial charge in [-0.05, 0) is 35.0 Å². The first-order chi connectivity index (χ1) is 7.69. The number of ether oxygens (including phenoxy) is 1.